The van der Waals surface area contributed by atoms with Crippen molar-refractivity contribution in [2.24, 2.45) is 0 Å². The molecule has 1 saturated heterocycles. The van der Waals surface area contributed by atoms with Crippen molar-refractivity contribution in [1.82, 2.24) is 34.5 Å². The molecule has 2 aromatic carbocycles. The first kappa shape index (κ1) is 34.0. The summed E-state index contributed by atoms with van der Waals surface area (Å²) in [6.45, 7) is 5.07. The van der Waals surface area contributed by atoms with E-state index in [4.69, 9.17) is 4.74 Å². The van der Waals surface area contributed by atoms with Gasteiger partial charge in [0.05, 0.1) is 28.9 Å². The highest BCUT2D eigenvalue weighted by molar-refractivity contribution is 7.15. The molecule has 13 heteroatoms. The van der Waals surface area contributed by atoms with E-state index in [1.54, 1.807) is 35.9 Å². The van der Waals surface area contributed by atoms with Crippen molar-refractivity contribution in [1.29, 1.82) is 0 Å². The maximum absolute atomic E-state index is 13.3. The third-order valence-electron chi connectivity index (χ3n) is 9.56. The van der Waals surface area contributed by atoms with Crippen LogP contribution in [0.5, 0.6) is 0 Å². The van der Waals surface area contributed by atoms with Crippen LogP contribution < -0.4 is 5.32 Å². The second kappa shape index (κ2) is 14.1. The summed E-state index contributed by atoms with van der Waals surface area (Å²) in [6, 6.07) is 14.2. The average Bonchev–Trinajstić information content (AvgIpc) is 3.89. The fourth-order valence-corrected chi connectivity index (χ4v) is 8.11. The van der Waals surface area contributed by atoms with E-state index >= 15 is 0 Å². The number of thiophene rings is 1. The summed E-state index contributed by atoms with van der Waals surface area (Å²) >= 11 is 1.62. The van der Waals surface area contributed by atoms with Crippen LogP contribution in [-0.2, 0) is 33.9 Å². The molecule has 3 aromatic heterocycles. The summed E-state index contributed by atoms with van der Waals surface area (Å²) in [5.41, 5.74) is 4.92. The van der Waals surface area contributed by atoms with Crippen LogP contribution >= 0.6 is 11.3 Å². The first-order valence-corrected chi connectivity index (χ1v) is 18.2. The Morgan fingerprint density at radius 2 is 1.85 bits per heavy atom. The zero-order chi connectivity index (χ0) is 36.6. The topological polar surface area (TPSA) is 141 Å². The van der Waals surface area contributed by atoms with Gasteiger partial charge in [-0.3, -0.25) is 34.0 Å². The molecule has 0 bridgehead atoms. The fraction of sp³-hybridized carbons (Fsp3) is 0.275. The largest absolute Gasteiger partial charge is 0.366 e. The van der Waals surface area contributed by atoms with E-state index in [2.05, 4.69) is 60.9 Å². The van der Waals surface area contributed by atoms with E-state index in [0.717, 1.165) is 50.4 Å². The number of hydrogen-bond donors (Lipinski definition) is 1. The van der Waals surface area contributed by atoms with Crippen LogP contribution in [0, 0.1) is 30.6 Å². The van der Waals surface area contributed by atoms with Gasteiger partial charge in [0.1, 0.15) is 28.7 Å². The third-order valence-corrected chi connectivity index (χ3v) is 10.7. The summed E-state index contributed by atoms with van der Waals surface area (Å²) in [4.78, 5) is 56.9. The molecule has 1 unspecified atom stereocenters. The lowest BCUT2D eigenvalue weighted by Crippen LogP contribution is -2.54. The summed E-state index contributed by atoms with van der Waals surface area (Å²) in [6.07, 6.45) is 5.63. The molecule has 0 saturated carbocycles. The van der Waals surface area contributed by atoms with Crippen LogP contribution in [0.3, 0.4) is 0 Å². The van der Waals surface area contributed by atoms with Crippen LogP contribution in [0.15, 0.2) is 61.1 Å². The first-order valence-electron chi connectivity index (χ1n) is 17.4. The molecular weight excluding hydrogens is 691 g/mol. The molecule has 2 atom stereocenters. The fourth-order valence-electron chi connectivity index (χ4n) is 6.87. The number of amides is 4. The highest BCUT2D eigenvalue weighted by Gasteiger charge is 2.45. The number of rotatable bonds is 6. The molecule has 5 aromatic rings. The minimum atomic E-state index is -1.02. The maximum Gasteiger partial charge on any atom is 0.263 e. The number of piperidine rings is 1. The average molecular weight is 724 g/mol. The molecule has 8 rings (SSSR count). The van der Waals surface area contributed by atoms with Gasteiger partial charge in [0.15, 0.2) is 5.82 Å². The number of imidazole rings is 1. The SMILES string of the molecule is Cc1nnc2n1-c1sc(C#Cc3cn(CCCC#Cc4cccc5c4C(=O)N(C4CCC(=O)NC4=O)C5=O)cn3)c(Cc3ccccc3)c1CO[C@H]2C. The lowest BCUT2D eigenvalue weighted by Gasteiger charge is -2.27. The minimum Gasteiger partial charge on any atom is -0.366 e. The number of unbranched alkanes of at least 4 members (excludes halogenated alkanes) is 1. The van der Waals surface area contributed by atoms with Gasteiger partial charge in [0.2, 0.25) is 11.8 Å². The van der Waals surface area contributed by atoms with Crippen LogP contribution in [0.4, 0.5) is 0 Å². The zero-order valence-corrected chi connectivity index (χ0v) is 29.8. The lowest BCUT2D eigenvalue weighted by atomic mass is 10.0. The Hall–Kier alpha value is -6.15. The van der Waals surface area contributed by atoms with Crippen molar-refractivity contribution in [3.05, 3.63) is 117 Å². The van der Waals surface area contributed by atoms with Gasteiger partial charge >= 0.3 is 0 Å². The molecule has 4 amide bonds. The van der Waals surface area contributed by atoms with Crippen LogP contribution in [0.2, 0.25) is 0 Å². The number of nitrogens with zero attached hydrogens (tertiary/aromatic N) is 6. The molecule has 3 aliphatic rings. The summed E-state index contributed by atoms with van der Waals surface area (Å²) in [7, 11) is 0. The smallest absolute Gasteiger partial charge is 0.263 e. The van der Waals surface area contributed by atoms with Crippen LogP contribution in [0.25, 0.3) is 5.00 Å². The molecule has 53 heavy (non-hydrogen) atoms. The molecule has 0 radical (unpaired) electrons. The Balaban J connectivity index is 0.958. The van der Waals surface area contributed by atoms with Gasteiger partial charge in [-0.25, -0.2) is 4.98 Å². The first-order chi connectivity index (χ1) is 25.8. The number of carbonyl (C=O) groups is 4. The normalized spacial score (nSPS) is 17.6. The van der Waals surface area contributed by atoms with Crippen molar-refractivity contribution >= 4 is 35.0 Å². The Labute approximate surface area is 309 Å². The number of hydrogen-bond acceptors (Lipinski definition) is 9. The summed E-state index contributed by atoms with van der Waals surface area (Å²) in [5, 5.41) is 12.0. The predicted molar refractivity (Wildman–Crippen MR) is 194 cm³/mol. The number of ether oxygens (including phenoxy) is 1. The number of carbonyl (C=O) groups excluding carboxylic acids is 4. The maximum atomic E-state index is 13.3. The second-order valence-corrected chi connectivity index (χ2v) is 14.1. The molecule has 3 aliphatic heterocycles. The molecular formula is C40H33N7O5S. The van der Waals surface area contributed by atoms with E-state index in [-0.39, 0.29) is 30.1 Å². The van der Waals surface area contributed by atoms with E-state index in [0.29, 0.717) is 30.8 Å². The van der Waals surface area contributed by atoms with Crippen molar-refractivity contribution in [2.45, 2.75) is 71.2 Å². The summed E-state index contributed by atoms with van der Waals surface area (Å²) < 4.78 is 10.3. The predicted octanol–water partition coefficient (Wildman–Crippen LogP) is 4.65. The van der Waals surface area contributed by atoms with Gasteiger partial charge in [-0.1, -0.05) is 48.2 Å². The van der Waals surface area contributed by atoms with Gasteiger partial charge in [-0.15, -0.1) is 21.5 Å². The Morgan fingerprint density at radius 3 is 2.68 bits per heavy atom. The zero-order valence-electron chi connectivity index (χ0n) is 29.0. The lowest BCUT2D eigenvalue weighted by molar-refractivity contribution is -0.136. The minimum absolute atomic E-state index is 0.0637. The number of nitrogens with one attached hydrogen (secondary N) is 1. The number of aromatic nitrogens is 5. The second-order valence-electron chi connectivity index (χ2n) is 13.1. The molecule has 1 fully saturated rings. The molecule has 12 nitrogen and oxygen atoms in total. The highest BCUT2D eigenvalue weighted by Crippen LogP contribution is 2.39. The van der Waals surface area contributed by atoms with Gasteiger partial charge in [-0.2, -0.15) is 0 Å². The van der Waals surface area contributed by atoms with Gasteiger partial charge in [-0.05, 0) is 68.2 Å². The monoisotopic (exact) mass is 723 g/mol. The quantitative estimate of drug-likeness (QED) is 0.152. The molecule has 1 N–H and O–H groups in total. The van der Waals surface area contributed by atoms with E-state index in [9.17, 15) is 19.2 Å². The molecule has 264 valence electrons. The number of benzene rings is 2. The Bertz CT molecular complexity index is 2440. The Morgan fingerprint density at radius 1 is 1.00 bits per heavy atom. The number of fused-ring (bicyclic) bond motifs is 4. The van der Waals surface area contributed by atoms with Crippen LogP contribution in [-0.4, -0.2) is 58.9 Å². The Kier molecular flexibility index (Phi) is 9.04. The van der Waals surface area contributed by atoms with E-state index in [1.165, 1.54) is 5.56 Å². The van der Waals surface area contributed by atoms with Crippen molar-refractivity contribution in [3.63, 3.8) is 0 Å². The van der Waals surface area contributed by atoms with Gasteiger partial charge < -0.3 is 9.30 Å². The third kappa shape index (κ3) is 6.46. The van der Waals surface area contributed by atoms with E-state index < -0.39 is 29.7 Å². The number of aryl methyl sites for hydroxylation is 2. The summed E-state index contributed by atoms with van der Waals surface area (Å²) in [5.74, 6) is 12.3. The molecule has 0 spiro atoms. The van der Waals surface area contributed by atoms with E-state index in [1.807, 2.05) is 42.8 Å². The van der Waals surface area contributed by atoms with Crippen molar-refractivity contribution < 1.29 is 23.9 Å². The standard InChI is InChI=1S/C40H33N7O5S/c1-24-36-44-43-25(2)46(36)40-31(22-52-24)30(20-26-10-5-3-6-11-26)33(53-40)17-15-28-21-45(23-41-28)19-8-4-7-12-27-13-9-14-29-35(27)39(51)47(38(29)50)32-16-18-34(48)42-37(32)49/h3,5-6,9-11,13-14,21,23-24,32H,4,8,16,18-20,22H2,1-2H3,(H,42,48,49)/t24-,32?/m0/s1. The highest BCUT2D eigenvalue weighted by atomic mass is 32.1. The van der Waals surface area contributed by atoms with Crippen molar-refractivity contribution in [3.8, 4) is 28.7 Å². The van der Waals surface area contributed by atoms with Gasteiger partial charge in [0, 0.05) is 36.7 Å². The van der Waals surface area contributed by atoms with Gasteiger partial charge in [0.25, 0.3) is 11.8 Å². The molecule has 6 heterocycles. The van der Waals surface area contributed by atoms with Crippen molar-refractivity contribution in [2.75, 3.05) is 0 Å². The number of imide groups is 2. The van der Waals surface area contributed by atoms with Crippen LogP contribution in [0.1, 0.15) is 104 Å². The molecule has 0 aliphatic carbocycles.